The van der Waals surface area contributed by atoms with Crippen molar-refractivity contribution in [3.63, 3.8) is 0 Å². The Hall–Kier alpha value is -1.02. The lowest BCUT2D eigenvalue weighted by atomic mass is 9.95. The molecular weight excluding hydrogens is 234 g/mol. The van der Waals surface area contributed by atoms with Crippen molar-refractivity contribution in [3.05, 3.63) is 29.8 Å². The maximum absolute atomic E-state index is 5.73. The molecule has 1 fully saturated rings. The normalized spacial score (nSPS) is 16.5. The predicted molar refractivity (Wildman–Crippen MR) is 80.8 cm³/mol. The van der Waals surface area contributed by atoms with Crippen molar-refractivity contribution in [2.24, 2.45) is 0 Å². The fraction of sp³-hybridized carbons (Fsp3) is 0.647. The van der Waals surface area contributed by atoms with Crippen LogP contribution in [-0.2, 0) is 0 Å². The Morgan fingerprint density at radius 2 is 1.79 bits per heavy atom. The third-order valence-corrected chi connectivity index (χ3v) is 3.90. The minimum absolute atomic E-state index is 0.784. The summed E-state index contributed by atoms with van der Waals surface area (Å²) in [4.78, 5) is 0. The van der Waals surface area contributed by atoms with Crippen LogP contribution < -0.4 is 10.1 Å². The number of rotatable bonds is 7. The number of benzene rings is 1. The summed E-state index contributed by atoms with van der Waals surface area (Å²) in [6.07, 6.45) is 9.35. The highest BCUT2D eigenvalue weighted by Crippen LogP contribution is 2.17. The molecule has 0 radical (unpaired) electrons. The highest BCUT2D eigenvalue weighted by molar-refractivity contribution is 5.26. The molecule has 2 heteroatoms. The number of hydrogen-bond acceptors (Lipinski definition) is 2. The van der Waals surface area contributed by atoms with Gasteiger partial charge in [-0.25, -0.2) is 0 Å². The Morgan fingerprint density at radius 1 is 1.05 bits per heavy atom. The molecule has 0 unspecified atom stereocenters. The standard InChI is InChI=1S/C17H27NO/c1-15-9-11-17(12-10-15)19-14-6-5-13-18-16-7-3-2-4-8-16/h9-12,16,18H,2-8,13-14H2,1H3. The average Bonchev–Trinajstić information content (AvgIpc) is 2.46. The van der Waals surface area contributed by atoms with E-state index in [1.807, 2.05) is 0 Å². The molecule has 0 atom stereocenters. The monoisotopic (exact) mass is 261 g/mol. The van der Waals surface area contributed by atoms with Gasteiger partial charge in [-0.1, -0.05) is 37.0 Å². The van der Waals surface area contributed by atoms with Gasteiger partial charge in [-0.3, -0.25) is 0 Å². The Balaban J connectivity index is 1.49. The fourth-order valence-corrected chi connectivity index (χ4v) is 2.66. The summed E-state index contributed by atoms with van der Waals surface area (Å²) in [6, 6.07) is 9.08. The minimum Gasteiger partial charge on any atom is -0.494 e. The van der Waals surface area contributed by atoms with Crippen molar-refractivity contribution in [1.29, 1.82) is 0 Å². The molecule has 2 nitrogen and oxygen atoms in total. The van der Waals surface area contributed by atoms with E-state index in [1.54, 1.807) is 0 Å². The van der Waals surface area contributed by atoms with E-state index in [2.05, 4.69) is 36.5 Å². The van der Waals surface area contributed by atoms with E-state index < -0.39 is 0 Å². The smallest absolute Gasteiger partial charge is 0.119 e. The number of unbranched alkanes of at least 4 members (excludes halogenated alkanes) is 1. The molecule has 0 heterocycles. The number of aryl methyl sites for hydroxylation is 1. The van der Waals surface area contributed by atoms with Gasteiger partial charge in [0.2, 0.25) is 0 Å². The molecule has 0 aromatic heterocycles. The number of nitrogens with one attached hydrogen (secondary N) is 1. The summed E-state index contributed by atoms with van der Waals surface area (Å²) >= 11 is 0. The zero-order chi connectivity index (χ0) is 13.3. The summed E-state index contributed by atoms with van der Waals surface area (Å²) in [5.41, 5.74) is 1.28. The van der Waals surface area contributed by atoms with Crippen LogP contribution in [0.2, 0.25) is 0 Å². The maximum Gasteiger partial charge on any atom is 0.119 e. The van der Waals surface area contributed by atoms with Crippen molar-refractivity contribution in [2.75, 3.05) is 13.2 Å². The first-order chi connectivity index (χ1) is 9.34. The molecule has 19 heavy (non-hydrogen) atoms. The van der Waals surface area contributed by atoms with Gasteiger partial charge in [0.05, 0.1) is 6.61 Å². The molecule has 0 bridgehead atoms. The van der Waals surface area contributed by atoms with Crippen molar-refractivity contribution >= 4 is 0 Å². The Labute approximate surface area is 117 Å². The van der Waals surface area contributed by atoms with E-state index in [0.717, 1.165) is 31.4 Å². The SMILES string of the molecule is Cc1ccc(OCCCCNC2CCCCC2)cc1. The average molecular weight is 261 g/mol. The van der Waals surface area contributed by atoms with Crippen molar-refractivity contribution in [1.82, 2.24) is 5.32 Å². The van der Waals surface area contributed by atoms with Crippen LogP contribution in [0, 0.1) is 6.92 Å². The van der Waals surface area contributed by atoms with E-state index in [-0.39, 0.29) is 0 Å². The lowest BCUT2D eigenvalue weighted by Gasteiger charge is -2.22. The topological polar surface area (TPSA) is 21.3 Å². The van der Waals surface area contributed by atoms with Crippen molar-refractivity contribution in [3.8, 4) is 5.75 Å². The largest absolute Gasteiger partial charge is 0.494 e. The van der Waals surface area contributed by atoms with Gasteiger partial charge < -0.3 is 10.1 Å². The molecular formula is C17H27NO. The van der Waals surface area contributed by atoms with Crippen LogP contribution in [0.3, 0.4) is 0 Å². The van der Waals surface area contributed by atoms with Gasteiger partial charge in [0, 0.05) is 6.04 Å². The third kappa shape index (κ3) is 5.65. The van der Waals surface area contributed by atoms with E-state index >= 15 is 0 Å². The molecule has 1 saturated carbocycles. The molecule has 0 saturated heterocycles. The quantitative estimate of drug-likeness (QED) is 0.747. The predicted octanol–water partition coefficient (Wildman–Crippen LogP) is 4.08. The molecule has 1 aliphatic rings. The molecule has 1 aliphatic carbocycles. The van der Waals surface area contributed by atoms with Gasteiger partial charge in [0.1, 0.15) is 5.75 Å². The van der Waals surface area contributed by atoms with E-state index in [0.29, 0.717) is 0 Å². The first kappa shape index (κ1) is 14.4. The van der Waals surface area contributed by atoms with Gasteiger partial charge in [-0.05, 0) is 51.3 Å². The summed E-state index contributed by atoms with van der Waals surface area (Å²) in [6.45, 7) is 4.07. The first-order valence-corrected chi connectivity index (χ1v) is 7.77. The van der Waals surface area contributed by atoms with Crippen LogP contribution in [0.4, 0.5) is 0 Å². The molecule has 0 amide bonds. The van der Waals surface area contributed by atoms with Gasteiger partial charge in [0.25, 0.3) is 0 Å². The summed E-state index contributed by atoms with van der Waals surface area (Å²) < 4.78 is 5.73. The van der Waals surface area contributed by atoms with Gasteiger partial charge in [-0.2, -0.15) is 0 Å². The molecule has 106 valence electrons. The molecule has 0 spiro atoms. The van der Waals surface area contributed by atoms with Crippen molar-refractivity contribution < 1.29 is 4.74 Å². The molecule has 1 aromatic carbocycles. The maximum atomic E-state index is 5.73. The third-order valence-electron chi connectivity index (χ3n) is 3.90. The highest BCUT2D eigenvalue weighted by atomic mass is 16.5. The Kier molecular flexibility index (Phi) is 6.22. The first-order valence-electron chi connectivity index (χ1n) is 7.77. The van der Waals surface area contributed by atoms with Crippen LogP contribution in [0.15, 0.2) is 24.3 Å². The van der Waals surface area contributed by atoms with E-state index in [4.69, 9.17) is 4.74 Å². The zero-order valence-corrected chi connectivity index (χ0v) is 12.2. The lowest BCUT2D eigenvalue weighted by Crippen LogP contribution is -2.31. The summed E-state index contributed by atoms with van der Waals surface area (Å²) in [7, 11) is 0. The minimum atomic E-state index is 0.784. The van der Waals surface area contributed by atoms with E-state index in [9.17, 15) is 0 Å². The lowest BCUT2D eigenvalue weighted by molar-refractivity contribution is 0.300. The van der Waals surface area contributed by atoms with Crippen LogP contribution in [-0.4, -0.2) is 19.2 Å². The Bertz CT molecular complexity index is 341. The second kappa shape index (κ2) is 8.21. The Morgan fingerprint density at radius 3 is 2.53 bits per heavy atom. The van der Waals surface area contributed by atoms with E-state index in [1.165, 1.54) is 44.1 Å². The van der Waals surface area contributed by atoms with Crippen LogP contribution in [0.1, 0.15) is 50.5 Å². The molecule has 1 N–H and O–H groups in total. The van der Waals surface area contributed by atoms with Crippen molar-refractivity contribution in [2.45, 2.75) is 57.9 Å². The van der Waals surface area contributed by atoms with Crippen LogP contribution in [0.5, 0.6) is 5.75 Å². The zero-order valence-electron chi connectivity index (χ0n) is 12.2. The molecule has 2 rings (SSSR count). The summed E-state index contributed by atoms with van der Waals surface area (Å²) in [5, 5.41) is 3.67. The fourth-order valence-electron chi connectivity index (χ4n) is 2.66. The second-order valence-electron chi connectivity index (χ2n) is 5.66. The van der Waals surface area contributed by atoms with Gasteiger partial charge in [-0.15, -0.1) is 0 Å². The number of hydrogen-bond donors (Lipinski definition) is 1. The van der Waals surface area contributed by atoms with Crippen LogP contribution in [0.25, 0.3) is 0 Å². The summed E-state index contributed by atoms with van der Waals surface area (Å²) in [5.74, 6) is 0.992. The van der Waals surface area contributed by atoms with Gasteiger partial charge in [0.15, 0.2) is 0 Å². The highest BCUT2D eigenvalue weighted by Gasteiger charge is 2.11. The molecule has 0 aliphatic heterocycles. The number of ether oxygens (including phenoxy) is 1. The second-order valence-corrected chi connectivity index (χ2v) is 5.66. The molecule has 1 aromatic rings. The van der Waals surface area contributed by atoms with Crippen LogP contribution >= 0.6 is 0 Å². The van der Waals surface area contributed by atoms with Gasteiger partial charge >= 0.3 is 0 Å².